The molecule has 0 radical (unpaired) electrons. The SMILES string of the molecule is COC(=O)[C@@H]1C(=S)Nc2ccccc2OC1=NC=O. The largest absolute Gasteiger partial charge is 0.468 e. The fourth-order valence-electron chi connectivity index (χ4n) is 1.63. The first-order chi connectivity index (χ1) is 9.17. The van der Waals surface area contributed by atoms with Gasteiger partial charge in [0.25, 0.3) is 0 Å². The van der Waals surface area contributed by atoms with Gasteiger partial charge in [-0.3, -0.25) is 9.59 Å². The number of carbonyl (C=O) groups excluding carboxylic acids is 2. The number of esters is 1. The highest BCUT2D eigenvalue weighted by Gasteiger charge is 2.35. The number of rotatable bonds is 2. The van der Waals surface area contributed by atoms with Gasteiger partial charge in [0.2, 0.25) is 12.3 Å². The van der Waals surface area contributed by atoms with Crippen LogP contribution in [-0.2, 0) is 14.3 Å². The van der Waals surface area contributed by atoms with Gasteiger partial charge >= 0.3 is 5.97 Å². The first-order valence-electron chi connectivity index (χ1n) is 5.34. The van der Waals surface area contributed by atoms with Crippen LogP contribution >= 0.6 is 12.2 Å². The topological polar surface area (TPSA) is 77.0 Å². The second-order valence-corrected chi connectivity index (χ2v) is 4.06. The van der Waals surface area contributed by atoms with Gasteiger partial charge in [-0.05, 0) is 12.1 Å². The number of hydrogen-bond donors (Lipinski definition) is 1. The Labute approximate surface area is 114 Å². The Kier molecular flexibility index (Phi) is 3.86. The van der Waals surface area contributed by atoms with Gasteiger partial charge in [-0.25, -0.2) is 0 Å². The molecule has 0 fully saturated rings. The van der Waals surface area contributed by atoms with E-state index in [0.29, 0.717) is 17.8 Å². The summed E-state index contributed by atoms with van der Waals surface area (Å²) in [6, 6.07) is 6.94. The lowest BCUT2D eigenvalue weighted by molar-refractivity contribution is -0.141. The number of thiocarbonyl (C=S) groups is 1. The lowest BCUT2D eigenvalue weighted by Gasteiger charge is -2.13. The van der Waals surface area contributed by atoms with Crippen LogP contribution in [0.1, 0.15) is 0 Å². The molecule has 0 unspecified atom stereocenters. The van der Waals surface area contributed by atoms with Crippen LogP contribution in [-0.4, -0.2) is 30.4 Å². The lowest BCUT2D eigenvalue weighted by Crippen LogP contribution is -2.36. The molecule has 0 saturated heterocycles. The summed E-state index contributed by atoms with van der Waals surface area (Å²) in [4.78, 5) is 26.0. The Morgan fingerprint density at radius 1 is 1.53 bits per heavy atom. The molecule has 7 heteroatoms. The van der Waals surface area contributed by atoms with Crippen LogP contribution in [0.5, 0.6) is 5.75 Å². The number of para-hydroxylation sites is 2. The third kappa shape index (κ3) is 2.60. The fourth-order valence-corrected chi connectivity index (χ4v) is 1.93. The van der Waals surface area contributed by atoms with Crippen molar-refractivity contribution in [3.8, 4) is 5.75 Å². The summed E-state index contributed by atoms with van der Waals surface area (Å²) < 4.78 is 10.1. The molecule has 0 spiro atoms. The first-order valence-corrected chi connectivity index (χ1v) is 5.75. The van der Waals surface area contributed by atoms with E-state index in [1.165, 1.54) is 7.11 Å². The average Bonchev–Trinajstić information content (AvgIpc) is 2.54. The molecule has 0 aromatic heterocycles. The highest BCUT2D eigenvalue weighted by atomic mass is 32.1. The molecule has 19 heavy (non-hydrogen) atoms. The van der Waals surface area contributed by atoms with Crippen molar-refractivity contribution in [1.82, 2.24) is 0 Å². The summed E-state index contributed by atoms with van der Waals surface area (Å²) in [6.45, 7) is 0. The first kappa shape index (κ1) is 13.2. The Morgan fingerprint density at radius 3 is 2.95 bits per heavy atom. The van der Waals surface area contributed by atoms with Crippen LogP contribution in [0.3, 0.4) is 0 Å². The Balaban J connectivity index is 2.48. The van der Waals surface area contributed by atoms with Crippen molar-refractivity contribution >= 4 is 41.2 Å². The van der Waals surface area contributed by atoms with Gasteiger partial charge in [0.15, 0.2) is 11.7 Å². The minimum atomic E-state index is -1.04. The molecule has 1 N–H and O–H groups in total. The average molecular weight is 278 g/mol. The zero-order chi connectivity index (χ0) is 13.8. The van der Waals surface area contributed by atoms with Gasteiger partial charge in [-0.15, -0.1) is 0 Å². The molecule has 98 valence electrons. The van der Waals surface area contributed by atoms with Crippen LogP contribution in [0.15, 0.2) is 29.3 Å². The number of fused-ring (bicyclic) bond motifs is 1. The second-order valence-electron chi connectivity index (χ2n) is 3.62. The zero-order valence-corrected chi connectivity index (χ0v) is 10.8. The fraction of sp³-hybridized carbons (Fsp3) is 0.167. The molecular formula is C12H10N2O4S. The van der Waals surface area contributed by atoms with Crippen LogP contribution in [0, 0.1) is 5.92 Å². The molecular weight excluding hydrogens is 268 g/mol. The second kappa shape index (κ2) is 5.57. The zero-order valence-electron chi connectivity index (χ0n) is 9.95. The number of methoxy groups -OCH3 is 1. The van der Waals surface area contributed by atoms with E-state index in [-0.39, 0.29) is 10.9 Å². The highest BCUT2D eigenvalue weighted by molar-refractivity contribution is 7.80. The molecule has 1 aromatic carbocycles. The van der Waals surface area contributed by atoms with E-state index in [9.17, 15) is 9.59 Å². The van der Waals surface area contributed by atoms with E-state index in [1.54, 1.807) is 24.3 Å². The number of hydrogen-bond acceptors (Lipinski definition) is 5. The Bertz CT molecular complexity index is 571. The van der Waals surface area contributed by atoms with Crippen LogP contribution in [0.4, 0.5) is 5.69 Å². The summed E-state index contributed by atoms with van der Waals surface area (Å²) in [7, 11) is 1.22. The maximum atomic E-state index is 11.7. The maximum absolute atomic E-state index is 11.7. The van der Waals surface area contributed by atoms with Gasteiger partial charge in [0.05, 0.1) is 12.8 Å². The van der Waals surface area contributed by atoms with Crippen molar-refractivity contribution in [1.29, 1.82) is 0 Å². The van der Waals surface area contributed by atoms with Crippen molar-refractivity contribution in [2.24, 2.45) is 10.9 Å². The Morgan fingerprint density at radius 2 is 2.26 bits per heavy atom. The van der Waals surface area contributed by atoms with Crippen molar-refractivity contribution in [3.05, 3.63) is 24.3 Å². The van der Waals surface area contributed by atoms with Crippen molar-refractivity contribution in [3.63, 3.8) is 0 Å². The minimum absolute atomic E-state index is 0.107. The van der Waals surface area contributed by atoms with E-state index < -0.39 is 11.9 Å². The number of aliphatic imine (C=N–C) groups is 1. The number of carbonyl (C=O) groups is 2. The Hall–Kier alpha value is -2.28. The van der Waals surface area contributed by atoms with Crippen molar-refractivity contribution in [2.75, 3.05) is 12.4 Å². The predicted molar refractivity (Wildman–Crippen MR) is 72.3 cm³/mol. The molecule has 1 heterocycles. The van der Waals surface area contributed by atoms with E-state index in [1.807, 2.05) is 0 Å². The summed E-state index contributed by atoms with van der Waals surface area (Å²) in [6.07, 6.45) is 0.293. The lowest BCUT2D eigenvalue weighted by atomic mass is 10.1. The summed E-state index contributed by atoms with van der Waals surface area (Å²) in [5.74, 6) is -1.37. The number of anilines is 1. The summed E-state index contributed by atoms with van der Waals surface area (Å²) in [5.41, 5.74) is 0.595. The molecule has 1 aromatic rings. The number of nitrogens with zero attached hydrogens (tertiary/aromatic N) is 1. The number of amides is 1. The van der Waals surface area contributed by atoms with E-state index in [4.69, 9.17) is 17.0 Å². The summed E-state index contributed by atoms with van der Waals surface area (Å²) >= 11 is 5.14. The van der Waals surface area contributed by atoms with Crippen molar-refractivity contribution < 1.29 is 19.1 Å². The molecule has 0 saturated carbocycles. The summed E-state index contributed by atoms with van der Waals surface area (Å²) in [5, 5.41) is 2.88. The standard InChI is InChI=1S/C12H10N2O4S/c1-17-12(16)9-10(13-6-15)18-8-5-3-2-4-7(8)14-11(9)19/h2-6,9H,1H3,(H,14,19)/t9-/m0/s1. The van der Waals surface area contributed by atoms with Gasteiger partial charge in [-0.2, -0.15) is 4.99 Å². The van der Waals surface area contributed by atoms with Gasteiger partial charge in [-0.1, -0.05) is 24.4 Å². The third-order valence-electron chi connectivity index (χ3n) is 2.49. The highest BCUT2D eigenvalue weighted by Crippen LogP contribution is 2.29. The monoisotopic (exact) mass is 278 g/mol. The minimum Gasteiger partial charge on any atom is -0.468 e. The molecule has 1 aliphatic heterocycles. The predicted octanol–water partition coefficient (Wildman–Crippen LogP) is 1.16. The number of ether oxygens (including phenoxy) is 2. The van der Waals surface area contributed by atoms with E-state index in [0.717, 1.165) is 0 Å². The number of nitrogens with one attached hydrogen (secondary N) is 1. The molecule has 1 aliphatic rings. The quantitative estimate of drug-likeness (QED) is 0.497. The molecule has 1 atom stereocenters. The van der Waals surface area contributed by atoms with Gasteiger partial charge in [0, 0.05) is 0 Å². The van der Waals surface area contributed by atoms with Crippen LogP contribution in [0.25, 0.3) is 0 Å². The van der Waals surface area contributed by atoms with Crippen molar-refractivity contribution in [2.45, 2.75) is 0 Å². The molecule has 0 bridgehead atoms. The molecule has 1 amide bonds. The van der Waals surface area contributed by atoms with Crippen LogP contribution in [0.2, 0.25) is 0 Å². The smallest absolute Gasteiger partial charge is 0.325 e. The van der Waals surface area contributed by atoms with E-state index >= 15 is 0 Å². The third-order valence-corrected chi connectivity index (χ3v) is 2.82. The number of benzene rings is 1. The molecule has 2 rings (SSSR count). The van der Waals surface area contributed by atoms with E-state index in [2.05, 4.69) is 15.0 Å². The van der Waals surface area contributed by atoms with Gasteiger partial charge < -0.3 is 14.8 Å². The maximum Gasteiger partial charge on any atom is 0.325 e. The van der Waals surface area contributed by atoms with Crippen LogP contribution < -0.4 is 10.1 Å². The normalized spacial score (nSPS) is 19.7. The molecule has 0 aliphatic carbocycles. The van der Waals surface area contributed by atoms with Gasteiger partial charge in [0.1, 0.15) is 4.99 Å². The molecule has 6 nitrogen and oxygen atoms in total.